The second-order valence-corrected chi connectivity index (χ2v) is 4.44. The van der Waals surface area contributed by atoms with Gasteiger partial charge in [-0.05, 0) is 18.2 Å². The van der Waals surface area contributed by atoms with Crippen LogP contribution in [0.4, 0.5) is 11.4 Å². The SMILES string of the molecule is C#Cc1cccc(NCC(O)Cn2cc([N+](=O)[O-])cn2)c1. The van der Waals surface area contributed by atoms with Crippen LogP contribution in [0.1, 0.15) is 5.56 Å². The first-order valence-electron chi connectivity index (χ1n) is 6.24. The third-order valence-corrected chi connectivity index (χ3v) is 2.80. The number of anilines is 1. The molecule has 0 aliphatic carbocycles. The molecular weight excluding hydrogens is 272 g/mol. The molecule has 7 heteroatoms. The number of nitrogens with zero attached hydrogens (tertiary/aromatic N) is 3. The summed E-state index contributed by atoms with van der Waals surface area (Å²) in [6.45, 7) is 0.442. The normalized spacial score (nSPS) is 11.6. The fourth-order valence-electron chi connectivity index (χ4n) is 1.78. The molecule has 2 rings (SSSR count). The van der Waals surface area contributed by atoms with Gasteiger partial charge in [-0.3, -0.25) is 14.8 Å². The molecule has 108 valence electrons. The van der Waals surface area contributed by atoms with Crippen molar-refractivity contribution in [3.05, 3.63) is 52.3 Å². The molecule has 2 aromatic rings. The van der Waals surface area contributed by atoms with Crippen molar-refractivity contribution in [2.45, 2.75) is 12.6 Å². The van der Waals surface area contributed by atoms with Gasteiger partial charge in [-0.25, -0.2) is 0 Å². The number of hydrogen-bond donors (Lipinski definition) is 2. The van der Waals surface area contributed by atoms with Crippen LogP contribution >= 0.6 is 0 Å². The molecule has 1 unspecified atom stereocenters. The van der Waals surface area contributed by atoms with E-state index in [4.69, 9.17) is 6.42 Å². The van der Waals surface area contributed by atoms with Crippen LogP contribution in [0.15, 0.2) is 36.7 Å². The summed E-state index contributed by atoms with van der Waals surface area (Å²) < 4.78 is 1.34. The van der Waals surface area contributed by atoms with Crippen molar-refractivity contribution < 1.29 is 10.0 Å². The van der Waals surface area contributed by atoms with E-state index >= 15 is 0 Å². The highest BCUT2D eigenvalue weighted by molar-refractivity contribution is 5.49. The Hall–Kier alpha value is -2.85. The van der Waals surface area contributed by atoms with Crippen LogP contribution in [0, 0.1) is 22.5 Å². The molecule has 0 bridgehead atoms. The Morgan fingerprint density at radius 3 is 3.05 bits per heavy atom. The summed E-state index contributed by atoms with van der Waals surface area (Å²) in [4.78, 5) is 10.0. The van der Waals surface area contributed by atoms with Gasteiger partial charge in [-0.2, -0.15) is 5.10 Å². The molecule has 1 atom stereocenters. The Bertz CT molecular complexity index is 675. The van der Waals surface area contributed by atoms with Crippen molar-refractivity contribution in [3.8, 4) is 12.3 Å². The molecule has 21 heavy (non-hydrogen) atoms. The van der Waals surface area contributed by atoms with E-state index in [1.54, 1.807) is 6.07 Å². The first-order valence-corrected chi connectivity index (χ1v) is 6.24. The number of benzene rings is 1. The first-order chi connectivity index (χ1) is 10.1. The Labute approximate surface area is 121 Å². The van der Waals surface area contributed by atoms with E-state index in [9.17, 15) is 15.2 Å². The van der Waals surface area contributed by atoms with Crippen LogP contribution < -0.4 is 5.32 Å². The number of hydrogen-bond acceptors (Lipinski definition) is 5. The highest BCUT2D eigenvalue weighted by Crippen LogP contribution is 2.11. The predicted octanol–water partition coefficient (Wildman–Crippen LogP) is 1.25. The van der Waals surface area contributed by atoms with Gasteiger partial charge in [0.25, 0.3) is 0 Å². The van der Waals surface area contributed by atoms with Crippen LogP contribution in [-0.4, -0.2) is 32.5 Å². The van der Waals surface area contributed by atoms with E-state index in [-0.39, 0.29) is 18.8 Å². The summed E-state index contributed by atoms with van der Waals surface area (Å²) >= 11 is 0. The van der Waals surface area contributed by atoms with Crippen LogP contribution in [0.2, 0.25) is 0 Å². The monoisotopic (exact) mass is 286 g/mol. The molecule has 0 saturated carbocycles. The lowest BCUT2D eigenvalue weighted by molar-refractivity contribution is -0.385. The summed E-state index contributed by atoms with van der Waals surface area (Å²) in [6.07, 6.45) is 7.00. The second kappa shape index (κ2) is 6.54. The topological polar surface area (TPSA) is 93.2 Å². The van der Waals surface area contributed by atoms with E-state index in [0.717, 1.165) is 17.4 Å². The average molecular weight is 286 g/mol. The summed E-state index contributed by atoms with van der Waals surface area (Å²) in [5, 5.41) is 27.3. The number of nitro groups is 1. The van der Waals surface area contributed by atoms with Gasteiger partial charge in [0.15, 0.2) is 0 Å². The zero-order valence-corrected chi connectivity index (χ0v) is 11.1. The Kier molecular flexibility index (Phi) is 4.53. The van der Waals surface area contributed by atoms with Crippen molar-refractivity contribution >= 4 is 11.4 Å². The average Bonchev–Trinajstić information content (AvgIpc) is 2.94. The summed E-state index contributed by atoms with van der Waals surface area (Å²) in [7, 11) is 0. The fraction of sp³-hybridized carbons (Fsp3) is 0.214. The number of aromatic nitrogens is 2. The molecule has 0 saturated heterocycles. The smallest absolute Gasteiger partial charge is 0.306 e. The minimum absolute atomic E-state index is 0.100. The van der Waals surface area contributed by atoms with E-state index in [0.29, 0.717) is 0 Å². The summed E-state index contributed by atoms with van der Waals surface area (Å²) in [6, 6.07) is 7.27. The maximum atomic E-state index is 10.5. The van der Waals surface area contributed by atoms with Crippen molar-refractivity contribution in [1.82, 2.24) is 9.78 Å². The molecule has 0 fully saturated rings. The Balaban J connectivity index is 1.88. The zero-order chi connectivity index (χ0) is 15.2. The molecule has 7 nitrogen and oxygen atoms in total. The highest BCUT2D eigenvalue weighted by Gasteiger charge is 2.11. The Morgan fingerprint density at radius 2 is 2.38 bits per heavy atom. The quantitative estimate of drug-likeness (QED) is 0.473. The van der Waals surface area contributed by atoms with Gasteiger partial charge in [0.2, 0.25) is 0 Å². The molecule has 0 amide bonds. The van der Waals surface area contributed by atoms with Gasteiger partial charge in [-0.1, -0.05) is 12.0 Å². The minimum Gasteiger partial charge on any atom is -0.389 e. The fourth-order valence-corrected chi connectivity index (χ4v) is 1.78. The maximum absolute atomic E-state index is 10.5. The number of aliphatic hydroxyl groups excluding tert-OH is 1. The molecule has 1 heterocycles. The maximum Gasteiger partial charge on any atom is 0.306 e. The van der Waals surface area contributed by atoms with Gasteiger partial charge >= 0.3 is 5.69 Å². The summed E-state index contributed by atoms with van der Waals surface area (Å²) in [5.41, 5.74) is 1.45. The molecule has 1 aromatic heterocycles. The number of rotatable bonds is 6. The van der Waals surface area contributed by atoms with Crippen LogP contribution in [-0.2, 0) is 6.54 Å². The molecule has 0 spiro atoms. The van der Waals surface area contributed by atoms with Gasteiger partial charge in [-0.15, -0.1) is 6.42 Å². The van der Waals surface area contributed by atoms with Gasteiger partial charge in [0, 0.05) is 17.8 Å². The highest BCUT2D eigenvalue weighted by atomic mass is 16.6. The molecule has 0 aliphatic rings. The molecular formula is C14H14N4O3. The lowest BCUT2D eigenvalue weighted by Gasteiger charge is -2.12. The molecule has 0 radical (unpaired) electrons. The van der Waals surface area contributed by atoms with Gasteiger partial charge in [0.05, 0.1) is 17.6 Å². The largest absolute Gasteiger partial charge is 0.389 e. The van der Waals surface area contributed by atoms with Crippen LogP contribution in [0.5, 0.6) is 0 Å². The van der Waals surface area contributed by atoms with Crippen LogP contribution in [0.3, 0.4) is 0 Å². The molecule has 2 N–H and O–H groups in total. The lowest BCUT2D eigenvalue weighted by atomic mass is 10.2. The van der Waals surface area contributed by atoms with Crippen molar-refractivity contribution in [3.63, 3.8) is 0 Å². The standard InChI is InChI=1S/C14H14N4O3/c1-2-11-4-3-5-12(6-11)15-8-14(19)10-17-9-13(7-16-17)18(20)21/h1,3-7,9,14-15,19H,8,10H2. The van der Waals surface area contributed by atoms with Gasteiger partial charge in [0.1, 0.15) is 12.4 Å². The van der Waals surface area contributed by atoms with E-state index in [1.165, 1.54) is 10.9 Å². The van der Waals surface area contributed by atoms with Gasteiger partial charge < -0.3 is 10.4 Å². The van der Waals surface area contributed by atoms with Crippen molar-refractivity contribution in [2.75, 3.05) is 11.9 Å². The minimum atomic E-state index is -0.737. The summed E-state index contributed by atoms with van der Waals surface area (Å²) in [5.74, 6) is 2.53. The number of nitrogens with one attached hydrogen (secondary N) is 1. The first kappa shape index (κ1) is 14.6. The van der Waals surface area contributed by atoms with E-state index in [1.807, 2.05) is 18.2 Å². The van der Waals surface area contributed by atoms with Crippen LogP contribution in [0.25, 0.3) is 0 Å². The third kappa shape index (κ3) is 4.06. The second-order valence-electron chi connectivity index (χ2n) is 4.44. The molecule has 1 aromatic carbocycles. The van der Waals surface area contributed by atoms with Crippen molar-refractivity contribution in [1.29, 1.82) is 0 Å². The zero-order valence-electron chi connectivity index (χ0n) is 11.1. The lowest BCUT2D eigenvalue weighted by Crippen LogP contribution is -2.25. The number of terminal acetylenes is 1. The number of aliphatic hydroxyl groups is 1. The van der Waals surface area contributed by atoms with E-state index < -0.39 is 11.0 Å². The van der Waals surface area contributed by atoms with Crippen molar-refractivity contribution in [2.24, 2.45) is 0 Å². The third-order valence-electron chi connectivity index (χ3n) is 2.80. The molecule has 0 aliphatic heterocycles. The predicted molar refractivity (Wildman–Crippen MR) is 77.8 cm³/mol. The Morgan fingerprint density at radius 1 is 1.57 bits per heavy atom. The van der Waals surface area contributed by atoms with E-state index in [2.05, 4.69) is 16.3 Å².